The molecule has 0 bridgehead atoms. The zero-order valence-electron chi connectivity index (χ0n) is 20.9. The van der Waals surface area contributed by atoms with E-state index in [1.165, 1.54) is 17.3 Å². The number of para-hydroxylation sites is 1. The number of hydrogen-bond acceptors (Lipinski definition) is 4. The molecule has 0 spiro atoms. The van der Waals surface area contributed by atoms with E-state index in [1.54, 1.807) is 4.90 Å². The van der Waals surface area contributed by atoms with E-state index in [-0.39, 0.29) is 11.9 Å². The summed E-state index contributed by atoms with van der Waals surface area (Å²) in [6.45, 7) is 4.63. The highest BCUT2D eigenvalue weighted by Crippen LogP contribution is 2.39. The third-order valence-corrected chi connectivity index (χ3v) is 7.14. The van der Waals surface area contributed by atoms with E-state index >= 15 is 0 Å². The van der Waals surface area contributed by atoms with Crippen molar-refractivity contribution in [2.75, 3.05) is 0 Å². The van der Waals surface area contributed by atoms with E-state index < -0.39 is 0 Å². The monoisotopic (exact) mass is 504 g/mol. The first-order chi connectivity index (χ1) is 18.1. The Morgan fingerprint density at radius 3 is 2.30 bits per heavy atom. The molecule has 1 heterocycles. The zero-order valence-corrected chi connectivity index (χ0v) is 21.7. The molecule has 4 aromatic rings. The molecule has 4 nitrogen and oxygen atoms in total. The molecule has 0 saturated carbocycles. The maximum atomic E-state index is 13.6. The van der Waals surface area contributed by atoms with Gasteiger partial charge in [0.25, 0.3) is 5.91 Å². The van der Waals surface area contributed by atoms with Gasteiger partial charge in [-0.05, 0) is 72.6 Å². The molecule has 4 aromatic carbocycles. The number of aliphatic imine (C=N–C) groups is 1. The normalized spacial score (nSPS) is 16.4. The number of thioether (sulfide) groups is 1. The second kappa shape index (κ2) is 11.3. The Morgan fingerprint density at radius 1 is 0.892 bits per heavy atom. The van der Waals surface area contributed by atoms with Crippen LogP contribution in [0.15, 0.2) is 119 Å². The molecule has 0 radical (unpaired) electrons. The van der Waals surface area contributed by atoms with Crippen molar-refractivity contribution in [3.63, 3.8) is 0 Å². The standard InChI is InChI=1S/C32H28N2O2S/c1-23-10-9-11-26(20-23)22-36-29-18-16-25(17-19-29)21-30-31(35)34(24(2)27-12-5-3-6-13-27)32(37-30)33-28-14-7-4-8-15-28/h3-21,24H,22H2,1-2H3/b30-21+,33-32?/t24-/m1/s1. The minimum atomic E-state index is -0.146. The summed E-state index contributed by atoms with van der Waals surface area (Å²) < 4.78 is 5.95. The van der Waals surface area contributed by atoms with Gasteiger partial charge in [0.2, 0.25) is 0 Å². The Morgan fingerprint density at radius 2 is 1.59 bits per heavy atom. The number of rotatable bonds is 7. The molecule has 1 aliphatic rings. The van der Waals surface area contributed by atoms with Crippen LogP contribution >= 0.6 is 11.8 Å². The number of benzene rings is 4. The second-order valence-electron chi connectivity index (χ2n) is 8.95. The van der Waals surface area contributed by atoms with Gasteiger partial charge in [-0.25, -0.2) is 4.99 Å². The Balaban J connectivity index is 1.37. The summed E-state index contributed by atoms with van der Waals surface area (Å²) in [5.41, 5.74) is 5.17. The van der Waals surface area contributed by atoms with Crippen LogP contribution in [-0.4, -0.2) is 16.0 Å². The van der Waals surface area contributed by atoms with Crippen LogP contribution in [0.3, 0.4) is 0 Å². The minimum Gasteiger partial charge on any atom is -0.489 e. The molecule has 184 valence electrons. The summed E-state index contributed by atoms with van der Waals surface area (Å²) >= 11 is 1.41. The lowest BCUT2D eigenvalue weighted by atomic mass is 10.1. The summed E-state index contributed by atoms with van der Waals surface area (Å²) in [6.07, 6.45) is 1.93. The first-order valence-electron chi connectivity index (χ1n) is 12.3. The maximum Gasteiger partial charge on any atom is 0.267 e. The number of carbonyl (C=O) groups excluding carboxylic acids is 1. The van der Waals surface area contributed by atoms with Crippen LogP contribution in [0.5, 0.6) is 5.75 Å². The fourth-order valence-electron chi connectivity index (χ4n) is 4.18. The van der Waals surface area contributed by atoms with E-state index in [9.17, 15) is 4.79 Å². The number of nitrogens with zero attached hydrogens (tertiary/aromatic N) is 2. The van der Waals surface area contributed by atoms with Crippen LogP contribution in [-0.2, 0) is 11.4 Å². The summed E-state index contributed by atoms with van der Waals surface area (Å²) in [5, 5.41) is 0.678. The molecular weight excluding hydrogens is 476 g/mol. The molecule has 0 aliphatic carbocycles. The first-order valence-corrected chi connectivity index (χ1v) is 13.1. The lowest BCUT2D eigenvalue weighted by Crippen LogP contribution is -2.32. The van der Waals surface area contributed by atoms with Gasteiger partial charge in [-0.15, -0.1) is 0 Å². The van der Waals surface area contributed by atoms with Crippen LogP contribution in [0.2, 0.25) is 0 Å². The molecule has 1 aliphatic heterocycles. The average Bonchev–Trinajstić information content (AvgIpc) is 3.23. The van der Waals surface area contributed by atoms with E-state index in [0.717, 1.165) is 28.1 Å². The molecule has 37 heavy (non-hydrogen) atoms. The number of amides is 1. The predicted octanol–water partition coefficient (Wildman–Crippen LogP) is 7.94. The van der Waals surface area contributed by atoms with E-state index in [2.05, 4.69) is 25.1 Å². The van der Waals surface area contributed by atoms with Crippen molar-refractivity contribution in [1.82, 2.24) is 4.90 Å². The summed E-state index contributed by atoms with van der Waals surface area (Å²) in [4.78, 5) is 20.9. The largest absolute Gasteiger partial charge is 0.489 e. The fourth-order valence-corrected chi connectivity index (χ4v) is 5.25. The minimum absolute atomic E-state index is 0.0455. The van der Waals surface area contributed by atoms with Gasteiger partial charge in [0, 0.05) is 0 Å². The van der Waals surface area contributed by atoms with Crippen molar-refractivity contribution in [2.24, 2.45) is 4.99 Å². The molecule has 0 aromatic heterocycles. The van der Waals surface area contributed by atoms with Gasteiger partial charge in [0.15, 0.2) is 5.17 Å². The SMILES string of the molecule is Cc1cccc(COc2ccc(/C=C3/SC(=Nc4ccccc4)N([C@H](C)c4ccccc4)C3=O)cc2)c1. The van der Waals surface area contributed by atoms with Gasteiger partial charge >= 0.3 is 0 Å². The lowest BCUT2D eigenvalue weighted by molar-refractivity contribution is -0.123. The summed E-state index contributed by atoms with van der Waals surface area (Å²) in [6, 6.07) is 35.8. The number of carbonyl (C=O) groups is 1. The summed E-state index contributed by atoms with van der Waals surface area (Å²) in [5.74, 6) is 0.746. The van der Waals surface area contributed by atoms with Crippen LogP contribution in [0, 0.1) is 6.92 Å². The lowest BCUT2D eigenvalue weighted by Gasteiger charge is -2.24. The third kappa shape index (κ3) is 6.01. The summed E-state index contributed by atoms with van der Waals surface area (Å²) in [7, 11) is 0. The number of hydrogen-bond donors (Lipinski definition) is 0. The smallest absolute Gasteiger partial charge is 0.267 e. The molecule has 1 amide bonds. The quantitative estimate of drug-likeness (QED) is 0.240. The van der Waals surface area contributed by atoms with Crippen LogP contribution in [0.4, 0.5) is 5.69 Å². The van der Waals surface area contributed by atoms with Crippen molar-refractivity contribution >= 4 is 34.6 Å². The van der Waals surface area contributed by atoms with Crippen molar-refractivity contribution in [3.05, 3.63) is 136 Å². The molecule has 5 heteroatoms. The van der Waals surface area contributed by atoms with Gasteiger partial charge in [-0.2, -0.15) is 0 Å². The number of aryl methyl sites for hydroxylation is 1. The van der Waals surface area contributed by atoms with Crippen molar-refractivity contribution in [1.29, 1.82) is 0 Å². The molecule has 0 N–H and O–H groups in total. The highest BCUT2D eigenvalue weighted by Gasteiger charge is 2.37. The molecule has 1 atom stereocenters. The molecular formula is C32H28N2O2S. The van der Waals surface area contributed by atoms with Crippen LogP contribution in [0.25, 0.3) is 6.08 Å². The maximum absolute atomic E-state index is 13.6. The van der Waals surface area contributed by atoms with Crippen molar-refractivity contribution in [3.8, 4) is 5.75 Å². The molecule has 0 unspecified atom stereocenters. The van der Waals surface area contributed by atoms with Crippen LogP contribution < -0.4 is 4.74 Å². The van der Waals surface area contributed by atoms with E-state index in [0.29, 0.717) is 16.7 Å². The highest BCUT2D eigenvalue weighted by molar-refractivity contribution is 8.18. The number of amidine groups is 1. The Labute approximate surface area is 222 Å². The van der Waals surface area contributed by atoms with Gasteiger partial charge in [-0.3, -0.25) is 9.69 Å². The molecule has 1 fully saturated rings. The van der Waals surface area contributed by atoms with Crippen LogP contribution in [0.1, 0.15) is 35.2 Å². The first kappa shape index (κ1) is 24.6. The Kier molecular flexibility index (Phi) is 7.52. The number of ether oxygens (including phenoxy) is 1. The molecule has 1 saturated heterocycles. The van der Waals surface area contributed by atoms with Crippen molar-refractivity contribution in [2.45, 2.75) is 26.5 Å². The average molecular weight is 505 g/mol. The van der Waals surface area contributed by atoms with Gasteiger partial charge < -0.3 is 4.74 Å². The third-order valence-electron chi connectivity index (χ3n) is 6.15. The van der Waals surface area contributed by atoms with Gasteiger partial charge in [0.05, 0.1) is 16.6 Å². The Bertz CT molecular complexity index is 1430. The van der Waals surface area contributed by atoms with Crippen molar-refractivity contribution < 1.29 is 9.53 Å². The predicted molar refractivity (Wildman–Crippen MR) is 153 cm³/mol. The second-order valence-corrected chi connectivity index (χ2v) is 9.96. The van der Waals surface area contributed by atoms with Gasteiger partial charge in [-0.1, -0.05) is 90.5 Å². The van der Waals surface area contributed by atoms with E-state index in [4.69, 9.17) is 9.73 Å². The zero-order chi connectivity index (χ0) is 25.6. The van der Waals surface area contributed by atoms with E-state index in [1.807, 2.05) is 104 Å². The molecule has 5 rings (SSSR count). The fraction of sp³-hybridized carbons (Fsp3) is 0.125. The Hall–Kier alpha value is -4.09. The topological polar surface area (TPSA) is 41.9 Å². The highest BCUT2D eigenvalue weighted by atomic mass is 32.2. The van der Waals surface area contributed by atoms with Gasteiger partial charge in [0.1, 0.15) is 12.4 Å².